The number of nitrogens with one attached hydrogen (secondary N) is 1. The monoisotopic (exact) mass is 346 g/mol. The Morgan fingerprint density at radius 3 is 2.92 bits per heavy atom. The summed E-state index contributed by atoms with van der Waals surface area (Å²) in [7, 11) is 1.50. The topological polar surface area (TPSA) is 69.0 Å². The van der Waals surface area contributed by atoms with Crippen LogP contribution in [0.25, 0.3) is 0 Å². The predicted molar refractivity (Wildman–Crippen MR) is 90.8 cm³/mol. The number of benzene rings is 1. The first-order valence-electron chi connectivity index (χ1n) is 8.46. The number of rotatable bonds is 5. The van der Waals surface area contributed by atoms with Gasteiger partial charge in [-0.05, 0) is 44.9 Å². The number of amides is 1. The average molecular weight is 346 g/mol. The molecule has 134 valence electrons. The quantitative estimate of drug-likeness (QED) is 0.902. The van der Waals surface area contributed by atoms with E-state index < -0.39 is 11.4 Å². The van der Waals surface area contributed by atoms with Crippen LogP contribution in [-0.2, 0) is 29.7 Å². The molecule has 0 atom stereocenters. The molecule has 2 heterocycles. The molecule has 1 aliphatic heterocycles. The number of fused-ring (bicyclic) bond motifs is 1. The second kappa shape index (κ2) is 6.82. The molecule has 1 amide bonds. The minimum absolute atomic E-state index is 0.0331. The molecule has 0 unspecified atom stereocenters. The Bertz CT molecular complexity index is 785. The highest BCUT2D eigenvalue weighted by atomic mass is 19.1. The van der Waals surface area contributed by atoms with Gasteiger partial charge in [0.05, 0.1) is 19.1 Å². The molecule has 0 saturated carbocycles. The van der Waals surface area contributed by atoms with E-state index in [4.69, 9.17) is 4.74 Å². The van der Waals surface area contributed by atoms with Crippen LogP contribution >= 0.6 is 0 Å². The first kappa shape index (κ1) is 17.4. The Balaban J connectivity index is 1.76. The standard InChI is InChI=1S/C18H23FN4O2/c1-18(2,17-22-21-15-6-4-5-9-23(15)17)20-16(24)11-12-10-13(19)7-8-14(12)25-3/h7-8,10H,4-6,9,11H2,1-3H3,(H,20,24). The van der Waals surface area contributed by atoms with Gasteiger partial charge in [-0.1, -0.05) is 0 Å². The summed E-state index contributed by atoms with van der Waals surface area (Å²) in [5.41, 5.74) is -0.153. The highest BCUT2D eigenvalue weighted by molar-refractivity contribution is 5.80. The zero-order valence-corrected chi connectivity index (χ0v) is 14.8. The van der Waals surface area contributed by atoms with Crippen molar-refractivity contribution in [1.82, 2.24) is 20.1 Å². The van der Waals surface area contributed by atoms with Crippen molar-refractivity contribution in [2.45, 2.75) is 51.6 Å². The van der Waals surface area contributed by atoms with Gasteiger partial charge < -0.3 is 14.6 Å². The van der Waals surface area contributed by atoms with Crippen molar-refractivity contribution in [3.05, 3.63) is 41.2 Å². The number of hydrogen-bond donors (Lipinski definition) is 1. The number of hydrogen-bond acceptors (Lipinski definition) is 4. The number of nitrogens with zero attached hydrogens (tertiary/aromatic N) is 3. The summed E-state index contributed by atoms with van der Waals surface area (Å²) < 4.78 is 20.8. The van der Waals surface area contributed by atoms with Gasteiger partial charge in [0.1, 0.15) is 17.4 Å². The zero-order valence-electron chi connectivity index (χ0n) is 14.8. The first-order chi connectivity index (χ1) is 11.9. The van der Waals surface area contributed by atoms with Gasteiger partial charge in [0.25, 0.3) is 0 Å². The maximum atomic E-state index is 13.5. The fourth-order valence-electron chi connectivity index (χ4n) is 3.28. The molecular formula is C18H23FN4O2. The SMILES string of the molecule is COc1ccc(F)cc1CC(=O)NC(C)(C)c1nnc2n1CCCC2. The van der Waals surface area contributed by atoms with Gasteiger partial charge in [0.15, 0.2) is 5.82 Å². The van der Waals surface area contributed by atoms with Crippen molar-refractivity contribution in [2.75, 3.05) is 7.11 Å². The van der Waals surface area contributed by atoms with Crippen LogP contribution in [0, 0.1) is 5.82 Å². The number of carbonyl (C=O) groups excluding carboxylic acids is 1. The molecule has 0 radical (unpaired) electrons. The molecule has 1 N–H and O–H groups in total. The van der Waals surface area contributed by atoms with E-state index in [1.165, 1.54) is 25.3 Å². The Hall–Kier alpha value is -2.44. The lowest BCUT2D eigenvalue weighted by molar-refractivity contribution is -0.122. The molecule has 1 aromatic carbocycles. The van der Waals surface area contributed by atoms with E-state index in [2.05, 4.69) is 20.1 Å². The highest BCUT2D eigenvalue weighted by Crippen LogP contribution is 2.24. The lowest BCUT2D eigenvalue weighted by Crippen LogP contribution is -2.44. The van der Waals surface area contributed by atoms with Crippen LogP contribution in [0.4, 0.5) is 4.39 Å². The second-order valence-electron chi connectivity index (χ2n) is 6.85. The van der Waals surface area contributed by atoms with Crippen molar-refractivity contribution in [1.29, 1.82) is 0 Å². The third kappa shape index (κ3) is 3.65. The molecule has 0 spiro atoms. The van der Waals surface area contributed by atoms with Crippen LogP contribution in [0.15, 0.2) is 18.2 Å². The van der Waals surface area contributed by atoms with Gasteiger partial charge in [0.2, 0.25) is 5.91 Å². The molecule has 6 nitrogen and oxygen atoms in total. The van der Waals surface area contributed by atoms with E-state index in [1.54, 1.807) is 0 Å². The third-order valence-electron chi connectivity index (χ3n) is 4.46. The van der Waals surface area contributed by atoms with E-state index in [0.29, 0.717) is 11.3 Å². The Morgan fingerprint density at radius 2 is 2.16 bits per heavy atom. The third-order valence-corrected chi connectivity index (χ3v) is 4.46. The smallest absolute Gasteiger partial charge is 0.225 e. The summed E-state index contributed by atoms with van der Waals surface area (Å²) in [5, 5.41) is 11.5. The Kier molecular flexibility index (Phi) is 4.74. The van der Waals surface area contributed by atoms with E-state index in [0.717, 1.165) is 37.5 Å². The molecule has 1 aliphatic rings. The molecule has 0 saturated heterocycles. The van der Waals surface area contributed by atoms with Crippen LogP contribution in [0.1, 0.15) is 43.9 Å². The summed E-state index contributed by atoms with van der Waals surface area (Å²) in [6.45, 7) is 4.67. The maximum Gasteiger partial charge on any atom is 0.225 e. The van der Waals surface area contributed by atoms with Gasteiger partial charge in [-0.25, -0.2) is 4.39 Å². The molecule has 0 fully saturated rings. The van der Waals surface area contributed by atoms with Gasteiger partial charge >= 0.3 is 0 Å². The van der Waals surface area contributed by atoms with Crippen molar-refractivity contribution < 1.29 is 13.9 Å². The lowest BCUT2D eigenvalue weighted by atomic mass is 10.0. The maximum absolute atomic E-state index is 13.5. The molecule has 7 heteroatoms. The highest BCUT2D eigenvalue weighted by Gasteiger charge is 2.31. The van der Waals surface area contributed by atoms with Crippen LogP contribution in [0.5, 0.6) is 5.75 Å². The minimum atomic E-state index is -0.666. The molecular weight excluding hydrogens is 323 g/mol. The number of carbonyl (C=O) groups is 1. The van der Waals surface area contributed by atoms with E-state index >= 15 is 0 Å². The fourth-order valence-corrected chi connectivity index (χ4v) is 3.28. The van der Waals surface area contributed by atoms with E-state index in [9.17, 15) is 9.18 Å². The second-order valence-corrected chi connectivity index (χ2v) is 6.85. The summed E-state index contributed by atoms with van der Waals surface area (Å²) >= 11 is 0. The van der Waals surface area contributed by atoms with E-state index in [-0.39, 0.29) is 12.3 Å². The minimum Gasteiger partial charge on any atom is -0.496 e. The molecule has 2 aromatic rings. The van der Waals surface area contributed by atoms with Crippen LogP contribution in [-0.4, -0.2) is 27.8 Å². The summed E-state index contributed by atoms with van der Waals surface area (Å²) in [6.07, 6.45) is 3.15. The predicted octanol–water partition coefficient (Wildman–Crippen LogP) is 2.36. The normalized spacial score (nSPS) is 14.1. The van der Waals surface area contributed by atoms with Crippen LogP contribution in [0.2, 0.25) is 0 Å². The van der Waals surface area contributed by atoms with Gasteiger partial charge in [-0.2, -0.15) is 0 Å². The summed E-state index contributed by atoms with van der Waals surface area (Å²) in [5.74, 6) is 1.60. The fraction of sp³-hybridized carbons (Fsp3) is 0.500. The lowest BCUT2D eigenvalue weighted by Gasteiger charge is -2.27. The zero-order chi connectivity index (χ0) is 18.0. The number of methoxy groups -OCH3 is 1. The van der Waals surface area contributed by atoms with Gasteiger partial charge in [0, 0.05) is 18.5 Å². The first-order valence-corrected chi connectivity index (χ1v) is 8.46. The Morgan fingerprint density at radius 1 is 1.36 bits per heavy atom. The molecule has 25 heavy (non-hydrogen) atoms. The number of aryl methyl sites for hydroxylation is 1. The molecule has 1 aromatic heterocycles. The van der Waals surface area contributed by atoms with E-state index in [1.807, 2.05) is 13.8 Å². The van der Waals surface area contributed by atoms with Gasteiger partial charge in [-0.3, -0.25) is 4.79 Å². The van der Waals surface area contributed by atoms with Crippen LogP contribution < -0.4 is 10.1 Å². The number of aromatic nitrogens is 3. The average Bonchev–Trinajstić information content (AvgIpc) is 2.99. The summed E-state index contributed by atoms with van der Waals surface area (Å²) in [4.78, 5) is 12.5. The number of ether oxygens (including phenoxy) is 1. The molecule has 3 rings (SSSR count). The molecule has 0 bridgehead atoms. The van der Waals surface area contributed by atoms with Crippen molar-refractivity contribution >= 4 is 5.91 Å². The molecule has 0 aliphatic carbocycles. The van der Waals surface area contributed by atoms with Gasteiger partial charge in [-0.15, -0.1) is 10.2 Å². The van der Waals surface area contributed by atoms with Crippen molar-refractivity contribution in [3.8, 4) is 5.75 Å². The van der Waals surface area contributed by atoms with Crippen molar-refractivity contribution in [3.63, 3.8) is 0 Å². The Labute approximate surface area is 146 Å². The summed E-state index contributed by atoms with van der Waals surface area (Å²) in [6, 6.07) is 4.16. The van der Waals surface area contributed by atoms with Crippen LogP contribution in [0.3, 0.4) is 0 Å². The van der Waals surface area contributed by atoms with Crippen molar-refractivity contribution in [2.24, 2.45) is 0 Å². The largest absolute Gasteiger partial charge is 0.496 e. The number of halogens is 1.